The summed E-state index contributed by atoms with van der Waals surface area (Å²) in [4.78, 5) is 24.2. The van der Waals surface area contributed by atoms with Gasteiger partial charge in [-0.25, -0.2) is 0 Å². The van der Waals surface area contributed by atoms with Crippen molar-refractivity contribution < 1.29 is 53.7 Å². The van der Waals surface area contributed by atoms with Crippen molar-refractivity contribution in [2.24, 2.45) is 16.7 Å². The molecule has 144 valence electrons. The van der Waals surface area contributed by atoms with Crippen molar-refractivity contribution >= 4 is 11.9 Å². The van der Waals surface area contributed by atoms with E-state index in [0.717, 1.165) is 5.56 Å². The van der Waals surface area contributed by atoms with Crippen molar-refractivity contribution in [3.8, 4) is 11.5 Å². The predicted molar refractivity (Wildman–Crippen MR) is 95.9 cm³/mol. The van der Waals surface area contributed by atoms with Crippen molar-refractivity contribution in [1.29, 1.82) is 0 Å². The third-order valence-electron chi connectivity index (χ3n) is 6.15. The van der Waals surface area contributed by atoms with E-state index >= 15 is 0 Å². The Kier molecular flexibility index (Phi) is 8.20. The molecule has 1 N–H and O–H groups in total. The quantitative estimate of drug-likeness (QED) is 0.581. The van der Waals surface area contributed by atoms with Gasteiger partial charge in [0, 0.05) is 23.8 Å². The second kappa shape index (κ2) is 9.30. The minimum atomic E-state index is -1.08. The number of carboxylic acid groups (broad SMARTS) is 1. The van der Waals surface area contributed by atoms with Crippen molar-refractivity contribution in [2.75, 3.05) is 20.8 Å². The normalized spacial score (nSPS) is 23.2. The maximum atomic E-state index is 12.6. The number of amides is 1. The molecule has 0 spiro atoms. The van der Waals surface area contributed by atoms with Gasteiger partial charge in [-0.3, -0.25) is 4.79 Å². The molecule has 0 bridgehead atoms. The molecule has 2 rings (SSSR count). The van der Waals surface area contributed by atoms with Gasteiger partial charge in [0.2, 0.25) is 5.91 Å². The van der Waals surface area contributed by atoms with E-state index in [9.17, 15) is 14.7 Å². The van der Waals surface area contributed by atoms with Gasteiger partial charge in [-0.2, -0.15) is 0 Å². The molecule has 6 nitrogen and oxygen atoms in total. The summed E-state index contributed by atoms with van der Waals surface area (Å²) in [5.74, 6) is -0.202. The van der Waals surface area contributed by atoms with Gasteiger partial charge in [0.15, 0.2) is 11.5 Å². The first-order valence-corrected chi connectivity index (χ1v) is 8.87. The molecule has 0 aromatic heterocycles. The van der Waals surface area contributed by atoms with Crippen LogP contribution in [0.15, 0.2) is 18.2 Å². The number of carbonyl (C=O) groups excluding carboxylic acids is 2. The fraction of sp³-hybridized carbons (Fsp3) is 0.600. The van der Waals surface area contributed by atoms with Crippen LogP contribution >= 0.6 is 0 Å². The predicted octanol–water partition coefficient (Wildman–Crippen LogP) is -1.44. The summed E-state index contributed by atoms with van der Waals surface area (Å²) >= 11 is 0. The first-order valence-electron chi connectivity index (χ1n) is 8.87. The average Bonchev–Trinajstić information content (AvgIpc) is 2.85. The third-order valence-corrected chi connectivity index (χ3v) is 6.15. The van der Waals surface area contributed by atoms with Gasteiger partial charge < -0.3 is 24.7 Å². The molecule has 1 aromatic rings. The molecule has 1 aliphatic rings. The van der Waals surface area contributed by atoms with Gasteiger partial charge in [0.25, 0.3) is 0 Å². The molecule has 0 heterocycles. The zero-order valence-electron chi connectivity index (χ0n) is 17.2. The summed E-state index contributed by atoms with van der Waals surface area (Å²) < 4.78 is 10.5. The first kappa shape index (κ1) is 23.8. The van der Waals surface area contributed by atoms with E-state index in [2.05, 4.69) is 5.32 Å². The fourth-order valence-electron chi connectivity index (χ4n) is 3.81. The molecule has 2 atom stereocenters. The molecule has 1 fully saturated rings. The Hall–Kier alpha value is -1.24. The van der Waals surface area contributed by atoms with Crippen LogP contribution in [0.3, 0.4) is 0 Å². The number of hydrogen-bond acceptors (Lipinski definition) is 5. The van der Waals surface area contributed by atoms with Crippen LogP contribution in [0.5, 0.6) is 11.5 Å². The van der Waals surface area contributed by atoms with E-state index in [4.69, 9.17) is 9.47 Å². The molecule has 0 radical (unpaired) electrons. The molecule has 0 aliphatic heterocycles. The number of ether oxygens (including phenoxy) is 2. The van der Waals surface area contributed by atoms with Gasteiger partial charge in [-0.1, -0.05) is 26.8 Å². The molecular weight excluding hydrogens is 357 g/mol. The number of carbonyl (C=O) groups is 2. The average molecular weight is 385 g/mol. The molecule has 1 aliphatic carbocycles. The molecule has 0 saturated heterocycles. The molecule has 1 aromatic carbocycles. The Morgan fingerprint density at radius 2 is 1.81 bits per heavy atom. The van der Waals surface area contributed by atoms with Crippen LogP contribution in [-0.4, -0.2) is 32.6 Å². The largest absolute Gasteiger partial charge is 1.00 e. The van der Waals surface area contributed by atoms with Crippen LogP contribution in [0.2, 0.25) is 0 Å². The summed E-state index contributed by atoms with van der Waals surface area (Å²) in [7, 11) is 3.17. The van der Waals surface area contributed by atoms with E-state index in [0.29, 0.717) is 37.3 Å². The Labute approximate surface area is 183 Å². The SMILES string of the molecule is COc1ccc(CCNC(=O)[C@H]2CC[C@@](C)(C(=O)[O-])C2(C)C)cc1OC.[Na+]. The van der Waals surface area contributed by atoms with Crippen LogP contribution in [-0.2, 0) is 16.0 Å². The Bertz CT molecular complexity index is 691. The third kappa shape index (κ3) is 4.61. The molecule has 27 heavy (non-hydrogen) atoms. The first-order chi connectivity index (χ1) is 12.2. The number of methoxy groups -OCH3 is 2. The molecule has 0 unspecified atom stereocenters. The summed E-state index contributed by atoms with van der Waals surface area (Å²) in [5.41, 5.74) is -0.620. The second-order valence-corrected chi connectivity index (χ2v) is 7.66. The number of benzene rings is 1. The van der Waals surface area contributed by atoms with E-state index in [1.807, 2.05) is 32.0 Å². The Balaban J connectivity index is 0.00000364. The van der Waals surface area contributed by atoms with Crippen LogP contribution < -0.4 is 49.5 Å². The van der Waals surface area contributed by atoms with E-state index in [1.54, 1.807) is 21.1 Å². The van der Waals surface area contributed by atoms with Gasteiger partial charge in [-0.15, -0.1) is 0 Å². The van der Waals surface area contributed by atoms with Crippen molar-refractivity contribution in [3.63, 3.8) is 0 Å². The zero-order chi connectivity index (χ0) is 19.5. The molecule has 7 heteroatoms. The number of aliphatic carboxylic acids is 1. The van der Waals surface area contributed by atoms with E-state index in [1.165, 1.54) is 0 Å². The van der Waals surface area contributed by atoms with Crippen molar-refractivity contribution in [1.82, 2.24) is 5.32 Å². The monoisotopic (exact) mass is 385 g/mol. The zero-order valence-corrected chi connectivity index (χ0v) is 19.2. The minimum Gasteiger partial charge on any atom is -0.550 e. The maximum absolute atomic E-state index is 12.6. The van der Waals surface area contributed by atoms with Crippen LogP contribution in [0.1, 0.15) is 39.2 Å². The minimum absolute atomic E-state index is 0. The van der Waals surface area contributed by atoms with Crippen LogP contribution in [0.25, 0.3) is 0 Å². The van der Waals surface area contributed by atoms with Gasteiger partial charge >= 0.3 is 29.6 Å². The summed E-state index contributed by atoms with van der Waals surface area (Å²) in [5, 5.41) is 14.5. The van der Waals surface area contributed by atoms with E-state index < -0.39 is 16.8 Å². The van der Waals surface area contributed by atoms with Crippen LogP contribution in [0.4, 0.5) is 0 Å². The smallest absolute Gasteiger partial charge is 0.550 e. The molecular formula is C20H28NNaO5. The van der Waals surface area contributed by atoms with Crippen molar-refractivity contribution in [2.45, 2.75) is 40.0 Å². The second-order valence-electron chi connectivity index (χ2n) is 7.66. The number of rotatable bonds is 7. The summed E-state index contributed by atoms with van der Waals surface area (Å²) in [6.07, 6.45) is 1.66. The fourth-order valence-corrected chi connectivity index (χ4v) is 3.81. The van der Waals surface area contributed by atoms with Crippen LogP contribution in [0, 0.1) is 16.7 Å². The Morgan fingerprint density at radius 3 is 2.33 bits per heavy atom. The van der Waals surface area contributed by atoms with Gasteiger partial charge in [0.05, 0.1) is 14.2 Å². The van der Waals surface area contributed by atoms with Crippen molar-refractivity contribution in [3.05, 3.63) is 23.8 Å². The Morgan fingerprint density at radius 1 is 1.19 bits per heavy atom. The summed E-state index contributed by atoms with van der Waals surface area (Å²) in [6.45, 7) is 5.84. The number of hydrogen-bond donors (Lipinski definition) is 1. The summed E-state index contributed by atoms with van der Waals surface area (Å²) in [6, 6.07) is 5.65. The topological polar surface area (TPSA) is 87.7 Å². The number of carboxylic acids is 1. The number of nitrogens with one attached hydrogen (secondary N) is 1. The van der Waals surface area contributed by atoms with Gasteiger partial charge in [0.1, 0.15) is 0 Å². The van der Waals surface area contributed by atoms with Gasteiger partial charge in [-0.05, 0) is 42.4 Å². The maximum Gasteiger partial charge on any atom is 1.00 e. The molecule has 1 saturated carbocycles. The molecule has 1 amide bonds. The standard InChI is InChI=1S/C20H29NO5.Na/c1-19(2)14(8-10-20(19,3)18(23)24)17(22)21-11-9-13-6-7-15(25-4)16(12-13)26-5;/h6-7,12,14H,8-11H2,1-5H3,(H,21,22)(H,23,24);/q;+1/p-1/t14-,20+;/m1./s1. The van der Waals surface area contributed by atoms with E-state index in [-0.39, 0.29) is 41.4 Å².